The van der Waals surface area contributed by atoms with Crippen molar-refractivity contribution in [3.8, 4) is 5.75 Å². The molecule has 2 aromatic rings. The third-order valence-corrected chi connectivity index (χ3v) is 3.71. The van der Waals surface area contributed by atoms with Crippen LogP contribution in [0, 0.1) is 0 Å². The van der Waals surface area contributed by atoms with Gasteiger partial charge in [-0.25, -0.2) is 0 Å². The van der Waals surface area contributed by atoms with Gasteiger partial charge in [-0.3, -0.25) is 4.79 Å². The van der Waals surface area contributed by atoms with Crippen LogP contribution in [0.4, 0.5) is 5.69 Å². The third kappa shape index (κ3) is 5.11. The Morgan fingerprint density at radius 1 is 1.17 bits per heavy atom. The van der Waals surface area contributed by atoms with Crippen molar-refractivity contribution in [2.75, 3.05) is 12.4 Å². The number of carbonyl (C=O) groups is 1. The van der Waals surface area contributed by atoms with Crippen LogP contribution in [0.15, 0.2) is 48.5 Å². The number of para-hydroxylation sites is 1. The molecule has 122 valence electrons. The summed E-state index contributed by atoms with van der Waals surface area (Å²) in [5.74, 6) is 0.799. The maximum absolute atomic E-state index is 12.1. The fourth-order valence-corrected chi connectivity index (χ4v) is 2.43. The quantitative estimate of drug-likeness (QED) is 0.819. The summed E-state index contributed by atoms with van der Waals surface area (Å²) < 4.78 is 5.12. The van der Waals surface area contributed by atoms with Gasteiger partial charge in [0, 0.05) is 17.7 Å². The number of rotatable bonds is 7. The van der Waals surface area contributed by atoms with E-state index in [9.17, 15) is 9.90 Å². The van der Waals surface area contributed by atoms with Crippen molar-refractivity contribution >= 4 is 11.6 Å². The lowest BCUT2D eigenvalue weighted by Crippen LogP contribution is -2.13. The molecule has 1 amide bonds. The molecule has 0 bridgehead atoms. The molecule has 4 nitrogen and oxygen atoms in total. The molecule has 1 unspecified atom stereocenters. The predicted molar refractivity (Wildman–Crippen MR) is 91.6 cm³/mol. The number of nitrogens with one attached hydrogen (secondary N) is 1. The first kappa shape index (κ1) is 17.0. The van der Waals surface area contributed by atoms with Gasteiger partial charge in [-0.15, -0.1) is 0 Å². The minimum absolute atomic E-state index is 0.0355. The molecule has 0 heterocycles. The summed E-state index contributed by atoms with van der Waals surface area (Å²) in [6.07, 6.45) is 1.45. The average molecular weight is 313 g/mol. The Kier molecular flexibility index (Phi) is 6.18. The number of benzene rings is 2. The number of anilines is 1. The molecule has 0 aliphatic rings. The zero-order valence-electron chi connectivity index (χ0n) is 13.6. The molecule has 0 saturated carbocycles. The lowest BCUT2D eigenvalue weighted by atomic mass is 10.1. The highest BCUT2D eigenvalue weighted by molar-refractivity contribution is 5.91. The molecule has 0 aliphatic heterocycles. The highest BCUT2D eigenvalue weighted by Crippen LogP contribution is 2.22. The van der Waals surface area contributed by atoms with Crippen LogP contribution in [0.2, 0.25) is 0 Å². The van der Waals surface area contributed by atoms with Crippen molar-refractivity contribution in [3.63, 3.8) is 0 Å². The van der Waals surface area contributed by atoms with Gasteiger partial charge in [-0.2, -0.15) is 0 Å². The van der Waals surface area contributed by atoms with Gasteiger partial charge in [0.1, 0.15) is 5.75 Å². The number of ether oxygens (including phenoxy) is 1. The molecule has 2 rings (SSSR count). The molecule has 2 aromatic carbocycles. The van der Waals surface area contributed by atoms with Crippen molar-refractivity contribution in [1.82, 2.24) is 0 Å². The van der Waals surface area contributed by atoms with Crippen molar-refractivity contribution in [3.05, 3.63) is 59.7 Å². The Balaban J connectivity index is 1.83. The molecule has 4 heteroatoms. The highest BCUT2D eigenvalue weighted by Gasteiger charge is 2.10. The fraction of sp³-hybridized carbons (Fsp3) is 0.316. The molecule has 0 aliphatic carbocycles. The van der Waals surface area contributed by atoms with Gasteiger partial charge >= 0.3 is 0 Å². The standard InChI is InChI=1S/C19H23NO3/c1-14(21)17-7-3-4-8-18(17)20-19(22)9-5-6-15-10-12-16(23-2)13-11-15/h3-4,7-8,10-14,21H,5-6,9H2,1-2H3,(H,20,22). The number of hydrogen-bond acceptors (Lipinski definition) is 3. The molecule has 0 saturated heterocycles. The second kappa shape index (κ2) is 8.34. The molecular formula is C19H23NO3. The minimum Gasteiger partial charge on any atom is -0.497 e. The van der Waals surface area contributed by atoms with Crippen LogP contribution in [0.3, 0.4) is 0 Å². The summed E-state index contributed by atoms with van der Waals surface area (Å²) >= 11 is 0. The normalized spacial score (nSPS) is 11.8. The van der Waals surface area contributed by atoms with E-state index < -0.39 is 6.10 Å². The molecule has 0 spiro atoms. The van der Waals surface area contributed by atoms with E-state index in [1.807, 2.05) is 48.5 Å². The number of carbonyl (C=O) groups excluding carboxylic acids is 1. The molecule has 0 radical (unpaired) electrons. The Morgan fingerprint density at radius 3 is 2.52 bits per heavy atom. The molecule has 23 heavy (non-hydrogen) atoms. The number of aliphatic hydroxyl groups excluding tert-OH is 1. The van der Waals surface area contributed by atoms with Crippen LogP contribution >= 0.6 is 0 Å². The van der Waals surface area contributed by atoms with E-state index in [1.54, 1.807) is 14.0 Å². The Bertz CT molecular complexity index is 635. The Morgan fingerprint density at radius 2 is 1.87 bits per heavy atom. The van der Waals surface area contributed by atoms with E-state index in [1.165, 1.54) is 5.56 Å². The van der Waals surface area contributed by atoms with Crippen molar-refractivity contribution in [2.24, 2.45) is 0 Å². The van der Waals surface area contributed by atoms with Crippen molar-refractivity contribution in [2.45, 2.75) is 32.3 Å². The second-order valence-corrected chi connectivity index (χ2v) is 5.51. The Hall–Kier alpha value is -2.33. The van der Waals surface area contributed by atoms with Gasteiger partial charge in [0.05, 0.1) is 13.2 Å². The number of aliphatic hydroxyl groups is 1. The van der Waals surface area contributed by atoms with E-state index in [4.69, 9.17) is 4.74 Å². The summed E-state index contributed by atoms with van der Waals surface area (Å²) in [7, 11) is 1.64. The zero-order valence-corrected chi connectivity index (χ0v) is 13.6. The van der Waals surface area contributed by atoms with Crippen molar-refractivity contribution in [1.29, 1.82) is 0 Å². The lowest BCUT2D eigenvalue weighted by molar-refractivity contribution is -0.116. The summed E-state index contributed by atoms with van der Waals surface area (Å²) in [6.45, 7) is 1.69. The zero-order chi connectivity index (χ0) is 16.7. The number of methoxy groups -OCH3 is 1. The molecular weight excluding hydrogens is 290 g/mol. The topological polar surface area (TPSA) is 58.6 Å². The van der Waals surface area contributed by atoms with Gasteiger partial charge < -0.3 is 15.2 Å². The first-order valence-electron chi connectivity index (χ1n) is 7.80. The second-order valence-electron chi connectivity index (χ2n) is 5.51. The maximum Gasteiger partial charge on any atom is 0.224 e. The first-order valence-corrected chi connectivity index (χ1v) is 7.80. The van der Waals surface area contributed by atoms with Crippen LogP contribution < -0.4 is 10.1 Å². The van der Waals surface area contributed by atoms with Gasteiger partial charge in [0.2, 0.25) is 5.91 Å². The average Bonchev–Trinajstić information content (AvgIpc) is 2.56. The van der Waals surface area contributed by atoms with Gasteiger partial charge in [0.25, 0.3) is 0 Å². The predicted octanol–water partition coefficient (Wildman–Crippen LogP) is 3.71. The first-order chi connectivity index (χ1) is 11.1. The van der Waals surface area contributed by atoms with Crippen molar-refractivity contribution < 1.29 is 14.6 Å². The highest BCUT2D eigenvalue weighted by atomic mass is 16.5. The summed E-state index contributed by atoms with van der Waals surface area (Å²) in [5, 5.41) is 12.6. The maximum atomic E-state index is 12.1. The monoisotopic (exact) mass is 313 g/mol. The van der Waals surface area contributed by atoms with E-state index in [-0.39, 0.29) is 5.91 Å². The van der Waals surface area contributed by atoms with Crippen LogP contribution in [-0.2, 0) is 11.2 Å². The third-order valence-electron chi connectivity index (χ3n) is 3.71. The number of aryl methyl sites for hydroxylation is 1. The number of amides is 1. The fourth-order valence-electron chi connectivity index (χ4n) is 2.43. The molecule has 0 aromatic heterocycles. The van der Waals surface area contributed by atoms with E-state index in [2.05, 4.69) is 5.32 Å². The van der Waals surface area contributed by atoms with Gasteiger partial charge in [-0.1, -0.05) is 30.3 Å². The lowest BCUT2D eigenvalue weighted by Gasteiger charge is -2.13. The van der Waals surface area contributed by atoms with Gasteiger partial charge in [-0.05, 0) is 43.5 Å². The number of hydrogen-bond donors (Lipinski definition) is 2. The van der Waals surface area contributed by atoms with Crippen LogP contribution in [0.25, 0.3) is 0 Å². The van der Waals surface area contributed by atoms with E-state index >= 15 is 0 Å². The molecule has 0 fully saturated rings. The molecule has 1 atom stereocenters. The molecule has 2 N–H and O–H groups in total. The van der Waals surface area contributed by atoms with Crippen LogP contribution in [-0.4, -0.2) is 18.1 Å². The van der Waals surface area contributed by atoms with Crippen LogP contribution in [0.1, 0.15) is 37.0 Å². The Labute approximate surface area is 137 Å². The van der Waals surface area contributed by atoms with E-state index in [0.29, 0.717) is 12.1 Å². The smallest absolute Gasteiger partial charge is 0.224 e. The largest absolute Gasteiger partial charge is 0.497 e. The van der Waals surface area contributed by atoms with Crippen LogP contribution in [0.5, 0.6) is 5.75 Å². The SMILES string of the molecule is COc1ccc(CCCC(=O)Nc2ccccc2C(C)O)cc1. The van der Waals surface area contributed by atoms with E-state index in [0.717, 1.165) is 24.2 Å². The summed E-state index contributed by atoms with van der Waals surface area (Å²) in [6, 6.07) is 15.2. The minimum atomic E-state index is -0.606. The summed E-state index contributed by atoms with van der Waals surface area (Å²) in [5.41, 5.74) is 2.59. The summed E-state index contributed by atoms with van der Waals surface area (Å²) in [4.78, 5) is 12.1. The van der Waals surface area contributed by atoms with Gasteiger partial charge in [0.15, 0.2) is 0 Å².